The van der Waals surface area contributed by atoms with Gasteiger partial charge in [-0.3, -0.25) is 4.79 Å². The maximum Gasteiger partial charge on any atom is 0.254 e. The Morgan fingerprint density at radius 3 is 2.48 bits per heavy atom. The van der Waals surface area contributed by atoms with Crippen LogP contribution in [0.1, 0.15) is 35.7 Å². The zero-order valence-corrected chi connectivity index (χ0v) is 15.0. The highest BCUT2D eigenvalue weighted by molar-refractivity contribution is 5.94. The SMILES string of the molecule is CCN(C)c1ccc(C(=O)N(Cc2cccc(O)c2)CC2CC2)cc1. The van der Waals surface area contributed by atoms with Gasteiger partial charge in [0.1, 0.15) is 5.75 Å². The number of anilines is 1. The van der Waals surface area contributed by atoms with E-state index in [4.69, 9.17) is 0 Å². The summed E-state index contributed by atoms with van der Waals surface area (Å²) < 4.78 is 0. The summed E-state index contributed by atoms with van der Waals surface area (Å²) in [5, 5.41) is 9.67. The van der Waals surface area contributed by atoms with Crippen LogP contribution in [0.15, 0.2) is 48.5 Å². The standard InChI is InChI=1S/C21H26N2O2/c1-3-22(2)19-11-9-18(10-12-19)21(25)23(14-16-7-8-16)15-17-5-4-6-20(24)13-17/h4-6,9-13,16,24H,3,7-8,14-15H2,1-2H3. The minimum Gasteiger partial charge on any atom is -0.508 e. The molecular weight excluding hydrogens is 312 g/mol. The largest absolute Gasteiger partial charge is 0.508 e. The highest BCUT2D eigenvalue weighted by atomic mass is 16.3. The van der Waals surface area contributed by atoms with Crippen molar-refractivity contribution in [2.45, 2.75) is 26.3 Å². The summed E-state index contributed by atoms with van der Waals surface area (Å²) >= 11 is 0. The third kappa shape index (κ3) is 4.53. The fourth-order valence-electron chi connectivity index (χ4n) is 2.93. The van der Waals surface area contributed by atoms with Gasteiger partial charge in [0.15, 0.2) is 0 Å². The molecule has 1 aliphatic carbocycles. The zero-order chi connectivity index (χ0) is 17.8. The summed E-state index contributed by atoms with van der Waals surface area (Å²) in [6, 6.07) is 15.0. The molecule has 0 aliphatic heterocycles. The average Bonchev–Trinajstić information content (AvgIpc) is 3.44. The molecule has 0 bridgehead atoms. The number of aromatic hydroxyl groups is 1. The molecule has 0 radical (unpaired) electrons. The molecule has 2 aromatic rings. The minimum absolute atomic E-state index is 0.0564. The summed E-state index contributed by atoms with van der Waals surface area (Å²) in [6.07, 6.45) is 2.40. The molecule has 1 N–H and O–H groups in total. The second kappa shape index (κ2) is 7.60. The average molecular weight is 338 g/mol. The molecule has 3 rings (SSSR count). The predicted octanol–water partition coefficient (Wildman–Crippen LogP) is 3.90. The summed E-state index contributed by atoms with van der Waals surface area (Å²) in [5.74, 6) is 0.913. The molecule has 4 heteroatoms. The summed E-state index contributed by atoms with van der Waals surface area (Å²) in [4.78, 5) is 17.0. The number of benzene rings is 2. The van der Waals surface area contributed by atoms with Gasteiger partial charge in [-0.2, -0.15) is 0 Å². The van der Waals surface area contributed by atoms with Gasteiger partial charge in [-0.15, -0.1) is 0 Å². The lowest BCUT2D eigenvalue weighted by Gasteiger charge is -2.24. The Balaban J connectivity index is 1.76. The lowest BCUT2D eigenvalue weighted by atomic mass is 10.1. The molecule has 0 saturated heterocycles. The summed E-state index contributed by atoms with van der Waals surface area (Å²) in [7, 11) is 2.04. The van der Waals surface area contributed by atoms with Crippen molar-refractivity contribution < 1.29 is 9.90 Å². The molecule has 1 fully saturated rings. The van der Waals surface area contributed by atoms with E-state index in [9.17, 15) is 9.90 Å². The van der Waals surface area contributed by atoms with Crippen molar-refractivity contribution in [2.24, 2.45) is 5.92 Å². The molecule has 132 valence electrons. The molecule has 0 aromatic heterocycles. The van der Waals surface area contributed by atoms with Crippen molar-refractivity contribution in [1.82, 2.24) is 4.90 Å². The van der Waals surface area contributed by atoms with Gasteiger partial charge in [0.25, 0.3) is 5.91 Å². The highest BCUT2D eigenvalue weighted by Gasteiger charge is 2.27. The van der Waals surface area contributed by atoms with E-state index in [2.05, 4.69) is 11.8 Å². The van der Waals surface area contributed by atoms with Gasteiger partial charge in [-0.1, -0.05) is 12.1 Å². The molecule has 1 amide bonds. The summed E-state index contributed by atoms with van der Waals surface area (Å²) in [5.41, 5.74) is 2.78. The molecular formula is C21H26N2O2. The van der Waals surface area contributed by atoms with Crippen LogP contribution < -0.4 is 4.90 Å². The number of carbonyl (C=O) groups excluding carboxylic acids is 1. The lowest BCUT2D eigenvalue weighted by molar-refractivity contribution is 0.0734. The Kier molecular flexibility index (Phi) is 5.27. The van der Waals surface area contributed by atoms with Crippen LogP contribution in [0.5, 0.6) is 5.75 Å². The Morgan fingerprint density at radius 2 is 1.88 bits per heavy atom. The number of phenols is 1. The predicted molar refractivity (Wildman–Crippen MR) is 101 cm³/mol. The first kappa shape index (κ1) is 17.3. The Hall–Kier alpha value is -2.49. The number of rotatable bonds is 7. The van der Waals surface area contributed by atoms with E-state index >= 15 is 0 Å². The fraction of sp³-hybridized carbons (Fsp3) is 0.381. The Bertz CT molecular complexity index is 723. The maximum absolute atomic E-state index is 13.0. The van der Waals surface area contributed by atoms with E-state index in [1.54, 1.807) is 12.1 Å². The van der Waals surface area contributed by atoms with Crippen LogP contribution in [0.4, 0.5) is 5.69 Å². The van der Waals surface area contributed by atoms with Crippen LogP contribution in [-0.2, 0) is 6.54 Å². The van der Waals surface area contributed by atoms with Gasteiger partial charge in [-0.25, -0.2) is 0 Å². The fourth-order valence-corrected chi connectivity index (χ4v) is 2.93. The number of phenolic OH excluding ortho intramolecular Hbond substituents is 1. The second-order valence-corrected chi connectivity index (χ2v) is 6.86. The number of carbonyl (C=O) groups is 1. The third-order valence-electron chi connectivity index (χ3n) is 4.78. The second-order valence-electron chi connectivity index (χ2n) is 6.86. The quantitative estimate of drug-likeness (QED) is 0.833. The van der Waals surface area contributed by atoms with Crippen molar-refractivity contribution in [3.63, 3.8) is 0 Å². The van der Waals surface area contributed by atoms with E-state index in [1.165, 1.54) is 12.8 Å². The van der Waals surface area contributed by atoms with Gasteiger partial charge in [0, 0.05) is 37.9 Å². The van der Waals surface area contributed by atoms with Gasteiger partial charge in [0.2, 0.25) is 0 Å². The smallest absolute Gasteiger partial charge is 0.254 e. The van der Waals surface area contributed by atoms with Crippen molar-refractivity contribution >= 4 is 11.6 Å². The third-order valence-corrected chi connectivity index (χ3v) is 4.78. The molecule has 2 aromatic carbocycles. The van der Waals surface area contributed by atoms with E-state index < -0.39 is 0 Å². The topological polar surface area (TPSA) is 43.8 Å². The van der Waals surface area contributed by atoms with Crippen LogP contribution in [0.25, 0.3) is 0 Å². The number of hydrogen-bond acceptors (Lipinski definition) is 3. The van der Waals surface area contributed by atoms with E-state index in [1.807, 2.05) is 48.3 Å². The highest BCUT2D eigenvalue weighted by Crippen LogP contribution is 2.31. The number of nitrogens with zero attached hydrogens (tertiary/aromatic N) is 2. The normalized spacial score (nSPS) is 13.5. The molecule has 1 aliphatic rings. The molecule has 1 saturated carbocycles. The van der Waals surface area contributed by atoms with Crippen molar-refractivity contribution in [2.75, 3.05) is 25.0 Å². The first-order chi connectivity index (χ1) is 12.1. The Morgan fingerprint density at radius 1 is 1.16 bits per heavy atom. The minimum atomic E-state index is 0.0564. The Labute approximate surface area is 149 Å². The van der Waals surface area contributed by atoms with Gasteiger partial charge >= 0.3 is 0 Å². The molecule has 0 atom stereocenters. The zero-order valence-electron chi connectivity index (χ0n) is 15.0. The van der Waals surface area contributed by atoms with Gasteiger partial charge in [-0.05, 0) is 67.6 Å². The van der Waals surface area contributed by atoms with Crippen molar-refractivity contribution in [3.05, 3.63) is 59.7 Å². The summed E-state index contributed by atoms with van der Waals surface area (Å²) in [6.45, 7) is 4.34. The maximum atomic E-state index is 13.0. The van der Waals surface area contributed by atoms with Gasteiger partial charge in [0.05, 0.1) is 0 Å². The molecule has 25 heavy (non-hydrogen) atoms. The molecule has 0 heterocycles. The van der Waals surface area contributed by atoms with E-state index in [0.29, 0.717) is 18.0 Å². The lowest BCUT2D eigenvalue weighted by Crippen LogP contribution is -2.32. The van der Waals surface area contributed by atoms with Crippen LogP contribution in [0, 0.1) is 5.92 Å². The van der Waals surface area contributed by atoms with Crippen LogP contribution in [0.3, 0.4) is 0 Å². The van der Waals surface area contributed by atoms with Crippen molar-refractivity contribution in [3.8, 4) is 5.75 Å². The van der Waals surface area contributed by atoms with E-state index in [0.717, 1.165) is 24.3 Å². The monoisotopic (exact) mass is 338 g/mol. The number of amides is 1. The first-order valence-electron chi connectivity index (χ1n) is 8.95. The van der Waals surface area contributed by atoms with Gasteiger partial charge < -0.3 is 14.9 Å². The molecule has 0 spiro atoms. The van der Waals surface area contributed by atoms with Crippen LogP contribution in [0.2, 0.25) is 0 Å². The molecule has 4 nitrogen and oxygen atoms in total. The van der Waals surface area contributed by atoms with Crippen molar-refractivity contribution in [1.29, 1.82) is 0 Å². The van der Waals surface area contributed by atoms with Crippen LogP contribution >= 0.6 is 0 Å². The van der Waals surface area contributed by atoms with Crippen LogP contribution in [-0.4, -0.2) is 36.1 Å². The number of hydrogen-bond donors (Lipinski definition) is 1. The molecule has 0 unspecified atom stereocenters. The first-order valence-corrected chi connectivity index (χ1v) is 8.95. The van der Waals surface area contributed by atoms with E-state index in [-0.39, 0.29) is 11.7 Å².